The number of anilines is 1. The third-order valence-electron chi connectivity index (χ3n) is 3.55. The van der Waals surface area contributed by atoms with Gasteiger partial charge in [0.05, 0.1) is 22.1 Å². The molecule has 4 nitrogen and oxygen atoms in total. The van der Waals surface area contributed by atoms with E-state index >= 15 is 0 Å². The maximum atomic E-state index is 12.3. The molecule has 104 valence electrons. The van der Waals surface area contributed by atoms with Crippen molar-refractivity contribution in [2.24, 2.45) is 5.92 Å². The average molecular weight is 310 g/mol. The van der Waals surface area contributed by atoms with E-state index in [-0.39, 0.29) is 11.8 Å². The molecule has 1 aromatic heterocycles. The smallest absolute Gasteiger partial charge is 0.227 e. The van der Waals surface area contributed by atoms with Crippen molar-refractivity contribution in [2.45, 2.75) is 19.4 Å². The summed E-state index contributed by atoms with van der Waals surface area (Å²) in [6.45, 7) is 0.816. The number of amides is 1. The summed E-state index contributed by atoms with van der Waals surface area (Å²) in [5.74, 6) is -0.0872. The summed E-state index contributed by atoms with van der Waals surface area (Å²) in [5.41, 5.74) is 1.65. The molecule has 0 saturated carbocycles. The molecule has 1 N–H and O–H groups in total. The lowest BCUT2D eigenvalue weighted by atomic mass is 9.95. The molecule has 0 saturated heterocycles. The molecule has 2 aromatic rings. The normalized spacial score (nSPS) is 17.6. The van der Waals surface area contributed by atoms with E-state index in [0.717, 1.165) is 18.7 Å². The molecule has 1 aliphatic rings. The van der Waals surface area contributed by atoms with Gasteiger partial charge in [0.25, 0.3) is 0 Å². The van der Waals surface area contributed by atoms with Crippen molar-refractivity contribution < 1.29 is 4.79 Å². The molecule has 1 unspecified atom stereocenters. The van der Waals surface area contributed by atoms with Crippen LogP contribution in [0.5, 0.6) is 0 Å². The van der Waals surface area contributed by atoms with Crippen LogP contribution in [0.15, 0.2) is 30.7 Å². The predicted octanol–water partition coefficient (Wildman–Crippen LogP) is 3.39. The number of imidazole rings is 1. The van der Waals surface area contributed by atoms with Gasteiger partial charge in [-0.05, 0) is 18.6 Å². The highest BCUT2D eigenvalue weighted by Gasteiger charge is 2.25. The monoisotopic (exact) mass is 309 g/mol. The zero-order chi connectivity index (χ0) is 14.1. The molecule has 0 aliphatic carbocycles. The van der Waals surface area contributed by atoms with Crippen LogP contribution in [0.1, 0.15) is 12.1 Å². The molecule has 0 radical (unpaired) electrons. The van der Waals surface area contributed by atoms with E-state index in [1.165, 1.54) is 0 Å². The molecular formula is C14H13Cl2N3O. The zero-order valence-corrected chi connectivity index (χ0v) is 12.2. The highest BCUT2D eigenvalue weighted by atomic mass is 35.5. The molecule has 20 heavy (non-hydrogen) atoms. The van der Waals surface area contributed by atoms with E-state index in [1.807, 2.05) is 6.20 Å². The summed E-state index contributed by atoms with van der Waals surface area (Å²) >= 11 is 12.0. The fraction of sp³-hybridized carbons (Fsp3) is 0.286. The maximum absolute atomic E-state index is 12.3. The van der Waals surface area contributed by atoms with Crippen molar-refractivity contribution in [3.05, 3.63) is 46.5 Å². The predicted molar refractivity (Wildman–Crippen MR) is 79.1 cm³/mol. The minimum absolute atomic E-state index is 0.0263. The van der Waals surface area contributed by atoms with Gasteiger partial charge < -0.3 is 9.88 Å². The van der Waals surface area contributed by atoms with Gasteiger partial charge in [-0.1, -0.05) is 29.3 Å². The number of carbonyl (C=O) groups is 1. The van der Waals surface area contributed by atoms with E-state index < -0.39 is 0 Å². The number of nitrogens with zero attached hydrogens (tertiary/aromatic N) is 2. The van der Waals surface area contributed by atoms with Gasteiger partial charge in [-0.2, -0.15) is 0 Å². The number of aromatic nitrogens is 2. The Morgan fingerprint density at radius 2 is 2.25 bits per heavy atom. The molecule has 2 heterocycles. The second-order valence-corrected chi connectivity index (χ2v) is 5.64. The van der Waals surface area contributed by atoms with Crippen LogP contribution < -0.4 is 5.32 Å². The summed E-state index contributed by atoms with van der Waals surface area (Å²) in [6, 6.07) is 5.21. The molecule has 6 heteroatoms. The number of rotatable bonds is 2. The van der Waals surface area contributed by atoms with Crippen LogP contribution in [-0.4, -0.2) is 15.5 Å². The van der Waals surface area contributed by atoms with Crippen LogP contribution in [0, 0.1) is 5.92 Å². The summed E-state index contributed by atoms with van der Waals surface area (Å²) in [5, 5.41) is 3.67. The number of halogens is 2. The van der Waals surface area contributed by atoms with Crippen LogP contribution in [0.2, 0.25) is 10.0 Å². The van der Waals surface area contributed by atoms with Gasteiger partial charge in [0.2, 0.25) is 5.91 Å². The lowest BCUT2D eigenvalue weighted by molar-refractivity contribution is -0.120. The first-order valence-corrected chi connectivity index (χ1v) is 7.14. The number of benzene rings is 1. The fourth-order valence-electron chi connectivity index (χ4n) is 2.43. The number of carbonyl (C=O) groups excluding carboxylic acids is 1. The molecule has 1 atom stereocenters. The Morgan fingerprint density at radius 3 is 3.10 bits per heavy atom. The van der Waals surface area contributed by atoms with Crippen LogP contribution >= 0.6 is 23.2 Å². The van der Waals surface area contributed by atoms with E-state index in [2.05, 4.69) is 14.9 Å². The Balaban J connectivity index is 1.73. The zero-order valence-electron chi connectivity index (χ0n) is 10.6. The molecule has 0 fully saturated rings. The first-order valence-electron chi connectivity index (χ1n) is 6.39. The van der Waals surface area contributed by atoms with E-state index in [4.69, 9.17) is 23.2 Å². The summed E-state index contributed by atoms with van der Waals surface area (Å²) in [4.78, 5) is 16.4. The Bertz CT molecular complexity index is 654. The molecule has 0 bridgehead atoms. The summed E-state index contributed by atoms with van der Waals surface area (Å²) in [6.07, 6.45) is 5.11. The van der Waals surface area contributed by atoms with Gasteiger partial charge in [0, 0.05) is 30.8 Å². The fourth-order valence-corrected chi connectivity index (χ4v) is 2.78. The number of aryl methyl sites for hydroxylation is 1. The minimum Gasteiger partial charge on any atom is -0.335 e. The molecule has 1 amide bonds. The van der Waals surface area contributed by atoms with Crippen LogP contribution in [-0.2, 0) is 17.8 Å². The first kappa shape index (κ1) is 13.5. The standard InChI is InChI=1S/C14H13Cl2N3O/c15-11-2-1-3-12(13(11)16)18-14(20)9-4-5-19-8-17-7-10(19)6-9/h1-3,7-9H,4-6H2,(H,18,20). The topological polar surface area (TPSA) is 46.9 Å². The Labute approximate surface area is 126 Å². The van der Waals surface area contributed by atoms with Gasteiger partial charge in [0.1, 0.15) is 0 Å². The Hall–Kier alpha value is -1.52. The van der Waals surface area contributed by atoms with Crippen molar-refractivity contribution in [1.29, 1.82) is 0 Å². The first-order chi connectivity index (χ1) is 9.65. The van der Waals surface area contributed by atoms with Crippen molar-refractivity contribution in [3.8, 4) is 0 Å². The second-order valence-electron chi connectivity index (χ2n) is 4.86. The molecule has 3 rings (SSSR count). The highest BCUT2D eigenvalue weighted by molar-refractivity contribution is 6.44. The molecular weight excluding hydrogens is 297 g/mol. The maximum Gasteiger partial charge on any atom is 0.227 e. The van der Waals surface area contributed by atoms with Gasteiger partial charge in [-0.25, -0.2) is 4.98 Å². The third kappa shape index (κ3) is 2.53. The van der Waals surface area contributed by atoms with Crippen LogP contribution in [0.3, 0.4) is 0 Å². The van der Waals surface area contributed by atoms with E-state index in [0.29, 0.717) is 22.2 Å². The van der Waals surface area contributed by atoms with Crippen molar-refractivity contribution in [3.63, 3.8) is 0 Å². The minimum atomic E-state index is -0.0609. The van der Waals surface area contributed by atoms with Gasteiger partial charge >= 0.3 is 0 Å². The summed E-state index contributed by atoms with van der Waals surface area (Å²) < 4.78 is 2.08. The molecule has 1 aliphatic heterocycles. The van der Waals surface area contributed by atoms with Gasteiger partial charge in [-0.3, -0.25) is 4.79 Å². The largest absolute Gasteiger partial charge is 0.335 e. The Kier molecular flexibility index (Phi) is 3.68. The van der Waals surface area contributed by atoms with Crippen molar-refractivity contribution in [1.82, 2.24) is 9.55 Å². The average Bonchev–Trinajstić information content (AvgIpc) is 2.91. The van der Waals surface area contributed by atoms with E-state index in [1.54, 1.807) is 24.5 Å². The second kappa shape index (κ2) is 5.46. The van der Waals surface area contributed by atoms with Crippen LogP contribution in [0.25, 0.3) is 0 Å². The highest BCUT2D eigenvalue weighted by Crippen LogP contribution is 2.30. The van der Waals surface area contributed by atoms with E-state index in [9.17, 15) is 4.79 Å². The number of fused-ring (bicyclic) bond motifs is 1. The van der Waals surface area contributed by atoms with Gasteiger partial charge in [-0.15, -0.1) is 0 Å². The number of nitrogens with one attached hydrogen (secondary N) is 1. The van der Waals surface area contributed by atoms with Gasteiger partial charge in [0.15, 0.2) is 0 Å². The number of hydrogen-bond donors (Lipinski definition) is 1. The lowest BCUT2D eigenvalue weighted by Crippen LogP contribution is -2.30. The van der Waals surface area contributed by atoms with Crippen molar-refractivity contribution in [2.75, 3.05) is 5.32 Å². The summed E-state index contributed by atoms with van der Waals surface area (Å²) in [7, 11) is 0. The molecule has 1 aromatic carbocycles. The Morgan fingerprint density at radius 1 is 1.40 bits per heavy atom. The third-order valence-corrected chi connectivity index (χ3v) is 4.37. The number of hydrogen-bond acceptors (Lipinski definition) is 2. The lowest BCUT2D eigenvalue weighted by Gasteiger charge is -2.23. The SMILES string of the molecule is O=C(Nc1cccc(Cl)c1Cl)C1CCn2cncc2C1. The molecule has 0 spiro atoms. The quantitative estimate of drug-likeness (QED) is 0.924. The van der Waals surface area contributed by atoms with Crippen LogP contribution in [0.4, 0.5) is 5.69 Å². The van der Waals surface area contributed by atoms with Crippen molar-refractivity contribution >= 4 is 34.8 Å².